The van der Waals surface area contributed by atoms with E-state index in [1.165, 1.54) is 35.6 Å². The molecule has 13 heteroatoms. The Bertz CT molecular complexity index is 1530. The third kappa shape index (κ3) is 5.25. The zero-order valence-electron chi connectivity index (χ0n) is 21.1. The summed E-state index contributed by atoms with van der Waals surface area (Å²) in [4.78, 5) is 25.4. The smallest absolute Gasteiger partial charge is 0.269 e. The van der Waals surface area contributed by atoms with Crippen molar-refractivity contribution in [2.24, 2.45) is 5.73 Å². The zero-order valence-corrected chi connectivity index (χ0v) is 22.8. The third-order valence-corrected chi connectivity index (χ3v) is 8.23. The molecule has 0 fully saturated rings. The fourth-order valence-corrected chi connectivity index (χ4v) is 6.68. The minimum Gasteiger partial charge on any atom is -0.486 e. The first-order chi connectivity index (χ1) is 18.8. The average Bonchev–Trinajstić information content (AvgIpc) is 3.56. The lowest BCUT2D eigenvalue weighted by molar-refractivity contribution is -0.384. The molecular weight excluding hydrogens is 540 g/mol. The lowest BCUT2D eigenvalue weighted by Crippen LogP contribution is -2.38. The number of furan rings is 1. The number of aromatic nitrogens is 2. The van der Waals surface area contributed by atoms with Crippen LogP contribution < -0.4 is 15.4 Å². The number of nitrogens with two attached hydrogens (primary N) is 1. The highest BCUT2D eigenvalue weighted by molar-refractivity contribution is 8.01. The number of nitrogens with zero attached hydrogens (tertiary/aromatic N) is 5. The number of anilines is 1. The van der Waals surface area contributed by atoms with Gasteiger partial charge < -0.3 is 14.9 Å². The number of carbonyl (C=O) groups is 1. The van der Waals surface area contributed by atoms with Gasteiger partial charge in [0.15, 0.2) is 10.1 Å². The number of allylic oxidation sites excluding steroid dienone is 3. The van der Waals surface area contributed by atoms with E-state index in [4.69, 9.17) is 14.9 Å². The number of thioether (sulfide) groups is 1. The second-order valence-electron chi connectivity index (χ2n) is 9.18. The third-order valence-electron chi connectivity index (χ3n) is 6.23. The lowest BCUT2D eigenvalue weighted by atomic mass is 9.78. The van der Waals surface area contributed by atoms with E-state index < -0.39 is 10.8 Å². The van der Waals surface area contributed by atoms with Gasteiger partial charge >= 0.3 is 0 Å². The van der Waals surface area contributed by atoms with Gasteiger partial charge in [-0.05, 0) is 37.1 Å². The van der Waals surface area contributed by atoms with Crippen molar-refractivity contribution in [3.05, 3.63) is 80.7 Å². The summed E-state index contributed by atoms with van der Waals surface area (Å²) in [5, 5.41) is 30.5. The molecule has 5 rings (SSSR count). The van der Waals surface area contributed by atoms with Gasteiger partial charge in [-0.1, -0.05) is 36.9 Å². The number of carbonyl (C=O) groups excluding carboxylic acids is 1. The molecule has 11 nitrogen and oxygen atoms in total. The summed E-state index contributed by atoms with van der Waals surface area (Å²) in [5.74, 6) is 0.702. The molecule has 0 spiro atoms. The summed E-state index contributed by atoms with van der Waals surface area (Å²) < 4.78 is 12.6. The summed E-state index contributed by atoms with van der Waals surface area (Å²) in [6, 6.07) is 11.4. The van der Waals surface area contributed by atoms with Crippen molar-refractivity contribution >= 4 is 39.7 Å². The van der Waals surface area contributed by atoms with E-state index in [1.54, 1.807) is 28.8 Å². The summed E-state index contributed by atoms with van der Waals surface area (Å²) in [7, 11) is 0. The SMILES string of the molecule is CC(C)Sc1nnc(N2C(N)=C(C#N)C(c3ccc(COc4ccc([N+](=O)[O-])cc4)o3)C3=C2CCCC3=O)s1. The van der Waals surface area contributed by atoms with Gasteiger partial charge in [0.1, 0.15) is 29.7 Å². The van der Waals surface area contributed by atoms with Crippen molar-refractivity contribution < 1.29 is 18.9 Å². The highest BCUT2D eigenvalue weighted by Gasteiger charge is 2.42. The van der Waals surface area contributed by atoms with Crippen LogP contribution in [0.25, 0.3) is 0 Å². The first kappa shape index (κ1) is 26.5. The molecular formula is C26H24N6O5S2. The van der Waals surface area contributed by atoms with Gasteiger partial charge in [0, 0.05) is 35.1 Å². The van der Waals surface area contributed by atoms with E-state index in [1.807, 2.05) is 0 Å². The number of nitro benzene ring substituents is 1. The molecule has 2 aromatic heterocycles. The lowest BCUT2D eigenvalue weighted by Gasteiger charge is -2.37. The fourth-order valence-electron chi connectivity index (χ4n) is 4.58. The largest absolute Gasteiger partial charge is 0.486 e. The van der Waals surface area contributed by atoms with E-state index in [0.717, 1.165) is 4.34 Å². The Labute approximate surface area is 232 Å². The molecule has 0 saturated heterocycles. The first-order valence-corrected chi connectivity index (χ1v) is 13.9. The Kier molecular flexibility index (Phi) is 7.40. The van der Waals surface area contributed by atoms with Gasteiger partial charge in [0.25, 0.3) is 5.69 Å². The van der Waals surface area contributed by atoms with Crippen LogP contribution in [0.3, 0.4) is 0 Å². The number of nitriles is 1. The number of ether oxygens (including phenoxy) is 1. The van der Waals surface area contributed by atoms with Gasteiger partial charge in [0.2, 0.25) is 5.13 Å². The second-order valence-corrected chi connectivity index (χ2v) is 12.0. The maximum atomic E-state index is 13.3. The van der Waals surface area contributed by atoms with E-state index in [9.17, 15) is 20.2 Å². The number of hydrogen-bond acceptors (Lipinski definition) is 12. The minimum absolute atomic E-state index is 0.0351. The van der Waals surface area contributed by atoms with Crippen molar-refractivity contribution in [2.75, 3.05) is 4.90 Å². The van der Waals surface area contributed by atoms with Crippen LogP contribution in [-0.2, 0) is 11.4 Å². The van der Waals surface area contributed by atoms with Gasteiger partial charge in [-0.2, -0.15) is 5.26 Å². The molecule has 1 aliphatic heterocycles. The molecule has 3 aromatic rings. The maximum absolute atomic E-state index is 13.3. The molecule has 3 heterocycles. The topological polar surface area (TPSA) is 161 Å². The molecule has 0 bridgehead atoms. The van der Waals surface area contributed by atoms with Crippen molar-refractivity contribution in [3.8, 4) is 11.8 Å². The van der Waals surface area contributed by atoms with E-state index in [2.05, 4.69) is 30.1 Å². The Morgan fingerprint density at radius 3 is 2.74 bits per heavy atom. The van der Waals surface area contributed by atoms with E-state index in [-0.39, 0.29) is 29.5 Å². The van der Waals surface area contributed by atoms with Crippen LogP contribution >= 0.6 is 23.1 Å². The Balaban J connectivity index is 1.46. The predicted octanol–water partition coefficient (Wildman–Crippen LogP) is 5.42. The fraction of sp³-hybridized carbons (Fsp3) is 0.308. The van der Waals surface area contributed by atoms with Crippen molar-refractivity contribution in [2.45, 2.75) is 55.2 Å². The molecule has 0 radical (unpaired) electrons. The van der Waals surface area contributed by atoms with E-state index >= 15 is 0 Å². The number of nitro groups is 1. The van der Waals surface area contributed by atoms with Crippen LogP contribution in [0.4, 0.5) is 10.8 Å². The molecule has 1 atom stereocenters. The van der Waals surface area contributed by atoms with Gasteiger partial charge in [-0.3, -0.25) is 19.8 Å². The summed E-state index contributed by atoms with van der Waals surface area (Å²) in [6.07, 6.45) is 1.62. The number of hydrogen-bond donors (Lipinski definition) is 1. The van der Waals surface area contributed by atoms with Crippen molar-refractivity contribution in [3.63, 3.8) is 0 Å². The number of benzene rings is 1. The molecule has 200 valence electrons. The summed E-state index contributed by atoms with van der Waals surface area (Å²) in [5.41, 5.74) is 7.95. The highest BCUT2D eigenvalue weighted by atomic mass is 32.2. The van der Waals surface area contributed by atoms with Crippen LogP contribution in [0.5, 0.6) is 5.75 Å². The molecule has 39 heavy (non-hydrogen) atoms. The molecule has 1 aliphatic carbocycles. The molecule has 2 N–H and O–H groups in total. The summed E-state index contributed by atoms with van der Waals surface area (Å²) in [6.45, 7) is 4.18. The van der Waals surface area contributed by atoms with Gasteiger partial charge in [-0.25, -0.2) is 0 Å². The molecule has 1 aromatic carbocycles. The quantitative estimate of drug-likeness (QED) is 0.211. The Morgan fingerprint density at radius 1 is 1.28 bits per heavy atom. The number of rotatable bonds is 8. The van der Waals surface area contributed by atoms with Crippen molar-refractivity contribution in [1.29, 1.82) is 5.26 Å². The van der Waals surface area contributed by atoms with Crippen LogP contribution in [0.15, 0.2) is 67.8 Å². The standard InChI is InChI=1S/C26H24N6O5S2/c1-14(2)38-26-30-29-25(39-26)31-19-4-3-5-20(33)23(19)22(18(12-27)24(31)28)21-11-10-17(37-21)13-36-16-8-6-15(7-9-16)32(34)35/h6-11,14,22H,3-5,13,28H2,1-2H3. The Hall–Kier alpha value is -4.15. The second kappa shape index (κ2) is 10.9. The Morgan fingerprint density at radius 2 is 2.05 bits per heavy atom. The molecule has 1 unspecified atom stereocenters. The summed E-state index contributed by atoms with van der Waals surface area (Å²) >= 11 is 2.95. The maximum Gasteiger partial charge on any atom is 0.269 e. The van der Waals surface area contributed by atoms with Crippen LogP contribution in [0, 0.1) is 21.4 Å². The monoisotopic (exact) mass is 564 g/mol. The molecule has 2 aliphatic rings. The average molecular weight is 565 g/mol. The molecule has 0 amide bonds. The predicted molar refractivity (Wildman–Crippen MR) is 145 cm³/mol. The van der Waals surface area contributed by atoms with Gasteiger partial charge in [-0.15, -0.1) is 10.2 Å². The highest BCUT2D eigenvalue weighted by Crippen LogP contribution is 2.47. The normalized spacial score (nSPS) is 17.4. The first-order valence-electron chi connectivity index (χ1n) is 12.2. The van der Waals surface area contributed by atoms with Gasteiger partial charge in [0.05, 0.1) is 22.5 Å². The molecule has 0 saturated carbocycles. The number of ketones is 1. The van der Waals surface area contributed by atoms with Crippen molar-refractivity contribution in [1.82, 2.24) is 10.2 Å². The number of non-ortho nitro benzene ring substituents is 1. The van der Waals surface area contributed by atoms with Crippen LogP contribution in [-0.4, -0.2) is 26.2 Å². The van der Waals surface area contributed by atoms with E-state index in [0.29, 0.717) is 58.2 Å². The zero-order chi connectivity index (χ0) is 27.7. The minimum atomic E-state index is -0.750. The number of Topliss-reactive ketones (excluding diaryl/α,β-unsaturated/α-hetero) is 1. The van der Waals surface area contributed by atoms with Crippen LogP contribution in [0.1, 0.15) is 50.5 Å². The van der Waals surface area contributed by atoms with Crippen LogP contribution in [0.2, 0.25) is 0 Å².